The van der Waals surface area contributed by atoms with Crippen LogP contribution in [0.4, 0.5) is 0 Å². The van der Waals surface area contributed by atoms with Crippen molar-refractivity contribution in [3.63, 3.8) is 0 Å². The maximum Gasteiger partial charge on any atom is 0.316 e. The first kappa shape index (κ1) is 16.0. The Kier molecular flexibility index (Phi) is 4.61. The molecule has 5 nitrogen and oxygen atoms in total. The van der Waals surface area contributed by atoms with Crippen LogP contribution in [0.2, 0.25) is 0 Å². The van der Waals surface area contributed by atoms with E-state index in [0.29, 0.717) is 13.0 Å². The number of carbonyl (C=O) groups excluding carboxylic acids is 1. The molecular formula is C14H25NO4. The van der Waals surface area contributed by atoms with Gasteiger partial charge in [0.05, 0.1) is 5.60 Å². The van der Waals surface area contributed by atoms with Crippen molar-refractivity contribution in [1.29, 1.82) is 0 Å². The van der Waals surface area contributed by atoms with Gasteiger partial charge in [-0.1, -0.05) is 20.8 Å². The van der Waals surface area contributed by atoms with Crippen molar-refractivity contribution in [2.45, 2.75) is 59.1 Å². The van der Waals surface area contributed by atoms with Crippen LogP contribution in [0.15, 0.2) is 0 Å². The maximum atomic E-state index is 12.2. The zero-order valence-corrected chi connectivity index (χ0v) is 12.4. The molecule has 110 valence electrons. The van der Waals surface area contributed by atoms with Crippen LogP contribution in [-0.4, -0.2) is 35.2 Å². The topological polar surface area (TPSA) is 75.6 Å². The van der Waals surface area contributed by atoms with Crippen molar-refractivity contribution in [2.75, 3.05) is 6.61 Å². The fraction of sp³-hybridized carbons (Fsp3) is 0.857. The number of carboxylic acid groups (broad SMARTS) is 1. The predicted octanol–water partition coefficient (Wildman–Crippen LogP) is 1.81. The van der Waals surface area contributed by atoms with Gasteiger partial charge in [0.2, 0.25) is 5.91 Å². The summed E-state index contributed by atoms with van der Waals surface area (Å²) >= 11 is 0. The van der Waals surface area contributed by atoms with Crippen LogP contribution >= 0.6 is 0 Å². The van der Waals surface area contributed by atoms with Crippen LogP contribution in [0.25, 0.3) is 0 Å². The zero-order valence-electron chi connectivity index (χ0n) is 12.4. The molecule has 1 heterocycles. The molecule has 2 atom stereocenters. The molecule has 2 N–H and O–H groups in total. The summed E-state index contributed by atoms with van der Waals surface area (Å²) in [6.45, 7) is 9.83. The SMILES string of the molecule is CC1(C)CC(NC(=O)C(C(=O)O)C(C)(C)C)CCO1. The van der Waals surface area contributed by atoms with Gasteiger partial charge in [-0.15, -0.1) is 0 Å². The van der Waals surface area contributed by atoms with E-state index < -0.39 is 23.2 Å². The number of nitrogens with one attached hydrogen (secondary N) is 1. The average Bonchev–Trinajstić information content (AvgIpc) is 2.11. The van der Waals surface area contributed by atoms with Crippen LogP contribution < -0.4 is 5.32 Å². The van der Waals surface area contributed by atoms with E-state index in [1.54, 1.807) is 20.8 Å². The van der Waals surface area contributed by atoms with Gasteiger partial charge in [-0.2, -0.15) is 0 Å². The Bertz CT molecular complexity index is 357. The van der Waals surface area contributed by atoms with E-state index in [4.69, 9.17) is 4.74 Å². The molecule has 1 amide bonds. The van der Waals surface area contributed by atoms with Crippen molar-refractivity contribution in [1.82, 2.24) is 5.32 Å². The van der Waals surface area contributed by atoms with Crippen LogP contribution in [0.5, 0.6) is 0 Å². The second-order valence-electron chi connectivity index (χ2n) is 6.94. The van der Waals surface area contributed by atoms with E-state index in [1.165, 1.54) is 0 Å². The van der Waals surface area contributed by atoms with Crippen molar-refractivity contribution < 1.29 is 19.4 Å². The Morgan fingerprint density at radius 3 is 2.37 bits per heavy atom. The van der Waals surface area contributed by atoms with Gasteiger partial charge in [0.1, 0.15) is 5.92 Å². The Balaban J connectivity index is 2.70. The predicted molar refractivity (Wildman–Crippen MR) is 71.8 cm³/mol. The summed E-state index contributed by atoms with van der Waals surface area (Å²) in [7, 11) is 0. The molecule has 0 aromatic carbocycles. The quantitative estimate of drug-likeness (QED) is 0.768. The standard InChI is InChI=1S/C14H25NO4/c1-13(2,3)10(12(17)18)11(16)15-9-6-7-19-14(4,5)8-9/h9-10H,6-8H2,1-5H3,(H,15,16)(H,17,18). The third-order valence-corrected chi connectivity index (χ3v) is 3.42. The van der Waals surface area contributed by atoms with E-state index in [0.717, 1.165) is 6.42 Å². The van der Waals surface area contributed by atoms with Gasteiger partial charge in [-0.25, -0.2) is 0 Å². The molecule has 0 aromatic heterocycles. The summed E-state index contributed by atoms with van der Waals surface area (Å²) in [6, 6.07) is -0.0135. The van der Waals surface area contributed by atoms with Crippen molar-refractivity contribution >= 4 is 11.9 Å². The fourth-order valence-electron chi connectivity index (χ4n) is 2.52. The third kappa shape index (κ3) is 4.49. The van der Waals surface area contributed by atoms with Crippen molar-refractivity contribution in [2.24, 2.45) is 11.3 Å². The van der Waals surface area contributed by atoms with Gasteiger partial charge in [-0.05, 0) is 32.1 Å². The lowest BCUT2D eigenvalue weighted by Gasteiger charge is -2.37. The number of aliphatic carboxylic acids is 1. The van der Waals surface area contributed by atoms with Gasteiger partial charge in [0.25, 0.3) is 0 Å². The zero-order chi connectivity index (χ0) is 14.8. The first-order valence-electron chi connectivity index (χ1n) is 6.70. The fourth-order valence-corrected chi connectivity index (χ4v) is 2.52. The van der Waals surface area contributed by atoms with Gasteiger partial charge < -0.3 is 15.2 Å². The van der Waals surface area contributed by atoms with Crippen LogP contribution in [0.3, 0.4) is 0 Å². The average molecular weight is 271 g/mol. The molecule has 5 heteroatoms. The van der Waals surface area contributed by atoms with Crippen LogP contribution in [0.1, 0.15) is 47.5 Å². The number of hydrogen-bond acceptors (Lipinski definition) is 3. The lowest BCUT2D eigenvalue weighted by atomic mass is 9.80. The molecule has 19 heavy (non-hydrogen) atoms. The second-order valence-corrected chi connectivity index (χ2v) is 6.94. The number of rotatable bonds is 3. The van der Waals surface area contributed by atoms with Gasteiger partial charge in [0.15, 0.2) is 0 Å². The Labute approximate surface area is 114 Å². The number of hydrogen-bond donors (Lipinski definition) is 2. The monoisotopic (exact) mass is 271 g/mol. The molecule has 0 aliphatic carbocycles. The van der Waals surface area contributed by atoms with Crippen LogP contribution in [0, 0.1) is 11.3 Å². The molecule has 0 bridgehead atoms. The maximum absolute atomic E-state index is 12.2. The first-order chi connectivity index (χ1) is 8.53. The largest absolute Gasteiger partial charge is 0.481 e. The minimum atomic E-state index is -1.07. The molecule has 1 fully saturated rings. The van der Waals surface area contributed by atoms with E-state index in [2.05, 4.69) is 5.32 Å². The molecule has 0 spiro atoms. The number of carboxylic acids is 1. The lowest BCUT2D eigenvalue weighted by molar-refractivity contribution is -0.152. The van der Waals surface area contributed by atoms with E-state index in [-0.39, 0.29) is 11.6 Å². The minimum absolute atomic E-state index is 0.0135. The summed E-state index contributed by atoms with van der Waals surface area (Å²) < 4.78 is 5.58. The van der Waals surface area contributed by atoms with E-state index in [1.807, 2.05) is 13.8 Å². The van der Waals surface area contributed by atoms with Gasteiger partial charge in [0, 0.05) is 12.6 Å². The lowest BCUT2D eigenvalue weighted by Crippen LogP contribution is -2.50. The van der Waals surface area contributed by atoms with Gasteiger partial charge >= 0.3 is 5.97 Å². The highest BCUT2D eigenvalue weighted by Gasteiger charge is 2.39. The molecule has 1 saturated heterocycles. The highest BCUT2D eigenvalue weighted by Crippen LogP contribution is 2.28. The molecular weight excluding hydrogens is 246 g/mol. The summed E-state index contributed by atoms with van der Waals surface area (Å²) in [5, 5.41) is 12.1. The van der Waals surface area contributed by atoms with Crippen LogP contribution in [-0.2, 0) is 14.3 Å². The summed E-state index contributed by atoms with van der Waals surface area (Å²) in [4.78, 5) is 23.4. The van der Waals surface area contributed by atoms with E-state index >= 15 is 0 Å². The normalized spacial score (nSPS) is 24.6. The summed E-state index contributed by atoms with van der Waals surface area (Å²) in [5.74, 6) is -2.50. The number of ether oxygens (including phenoxy) is 1. The van der Waals surface area contributed by atoms with Gasteiger partial charge in [-0.3, -0.25) is 9.59 Å². The number of amides is 1. The molecule has 1 aliphatic rings. The Hall–Kier alpha value is -1.10. The molecule has 2 unspecified atom stereocenters. The Morgan fingerprint density at radius 2 is 1.95 bits per heavy atom. The molecule has 1 rings (SSSR count). The highest BCUT2D eigenvalue weighted by atomic mass is 16.5. The molecule has 0 saturated carbocycles. The molecule has 1 aliphatic heterocycles. The van der Waals surface area contributed by atoms with E-state index in [9.17, 15) is 14.7 Å². The highest BCUT2D eigenvalue weighted by molar-refractivity contribution is 5.97. The number of carbonyl (C=O) groups is 2. The second kappa shape index (κ2) is 5.49. The molecule has 0 radical (unpaired) electrons. The summed E-state index contributed by atoms with van der Waals surface area (Å²) in [6.07, 6.45) is 1.43. The first-order valence-corrected chi connectivity index (χ1v) is 6.70. The van der Waals surface area contributed by atoms with Crippen molar-refractivity contribution in [3.05, 3.63) is 0 Å². The smallest absolute Gasteiger partial charge is 0.316 e. The van der Waals surface area contributed by atoms with Crippen molar-refractivity contribution in [3.8, 4) is 0 Å². The Morgan fingerprint density at radius 1 is 1.37 bits per heavy atom. The minimum Gasteiger partial charge on any atom is -0.481 e. The molecule has 0 aromatic rings. The summed E-state index contributed by atoms with van der Waals surface area (Å²) in [5.41, 5.74) is -0.868. The third-order valence-electron chi connectivity index (χ3n) is 3.42.